The summed E-state index contributed by atoms with van der Waals surface area (Å²) in [5, 5.41) is 3.69. The molecule has 0 aliphatic carbocycles. The minimum absolute atomic E-state index is 0.0429. The molecule has 0 spiro atoms. The molecule has 0 saturated carbocycles. The number of rotatable bonds is 4. The zero-order chi connectivity index (χ0) is 9.84. The zero-order valence-corrected chi connectivity index (χ0v) is 8.33. The second-order valence-electron chi connectivity index (χ2n) is 3.36. The van der Waals surface area contributed by atoms with E-state index in [0.29, 0.717) is 11.6 Å². The highest BCUT2D eigenvalue weighted by Gasteiger charge is 2.13. The third-order valence-electron chi connectivity index (χ3n) is 2.10. The Hall–Kier alpha value is -1.12. The Labute approximate surface area is 78.1 Å². The molecule has 1 heterocycles. The maximum absolute atomic E-state index is 10.9. The third-order valence-corrected chi connectivity index (χ3v) is 2.10. The van der Waals surface area contributed by atoms with E-state index in [-0.39, 0.29) is 5.78 Å². The summed E-state index contributed by atoms with van der Waals surface area (Å²) in [6.07, 6.45) is 2.17. The minimum atomic E-state index is -0.0429. The van der Waals surface area contributed by atoms with E-state index in [2.05, 4.69) is 19.0 Å². The number of hydrogen-bond donors (Lipinski definition) is 0. The fourth-order valence-electron chi connectivity index (χ4n) is 1.26. The SMILES string of the molecule is CCCC(C)c1cc(C(C)=O)no1. The van der Waals surface area contributed by atoms with Gasteiger partial charge in [-0.15, -0.1) is 0 Å². The summed E-state index contributed by atoms with van der Waals surface area (Å²) in [6.45, 7) is 5.69. The average Bonchev–Trinajstić information content (AvgIpc) is 2.52. The lowest BCUT2D eigenvalue weighted by Gasteiger charge is -2.02. The predicted octanol–water partition coefficient (Wildman–Crippen LogP) is 2.78. The molecule has 0 N–H and O–H groups in total. The average molecular weight is 181 g/mol. The highest BCUT2D eigenvalue weighted by molar-refractivity contribution is 5.91. The van der Waals surface area contributed by atoms with Crippen molar-refractivity contribution in [1.82, 2.24) is 5.16 Å². The lowest BCUT2D eigenvalue weighted by Crippen LogP contribution is -1.91. The lowest BCUT2D eigenvalue weighted by atomic mass is 10.0. The number of hydrogen-bond acceptors (Lipinski definition) is 3. The first-order valence-corrected chi connectivity index (χ1v) is 4.62. The number of carbonyl (C=O) groups is 1. The summed E-state index contributed by atoms with van der Waals surface area (Å²) in [5.74, 6) is 1.12. The molecule has 0 aliphatic heterocycles. The summed E-state index contributed by atoms with van der Waals surface area (Å²) in [7, 11) is 0. The van der Waals surface area contributed by atoms with Crippen LogP contribution in [-0.2, 0) is 0 Å². The molecule has 0 aliphatic rings. The maximum atomic E-state index is 10.9. The fourth-order valence-corrected chi connectivity index (χ4v) is 1.26. The van der Waals surface area contributed by atoms with Crippen molar-refractivity contribution in [2.75, 3.05) is 0 Å². The standard InChI is InChI=1S/C10H15NO2/c1-4-5-7(2)10-6-9(8(3)12)11-13-10/h6-7H,4-5H2,1-3H3. The molecule has 1 atom stereocenters. The highest BCUT2D eigenvalue weighted by Crippen LogP contribution is 2.21. The van der Waals surface area contributed by atoms with Crippen LogP contribution >= 0.6 is 0 Å². The van der Waals surface area contributed by atoms with Gasteiger partial charge in [0.25, 0.3) is 0 Å². The van der Waals surface area contributed by atoms with Gasteiger partial charge in [-0.1, -0.05) is 25.4 Å². The molecule has 0 amide bonds. The molecule has 1 aromatic heterocycles. The van der Waals surface area contributed by atoms with Gasteiger partial charge in [0.05, 0.1) is 0 Å². The Bertz CT molecular complexity index is 291. The van der Waals surface area contributed by atoms with Crippen molar-refractivity contribution < 1.29 is 9.32 Å². The van der Waals surface area contributed by atoms with Crippen molar-refractivity contribution in [3.05, 3.63) is 17.5 Å². The van der Waals surface area contributed by atoms with Crippen molar-refractivity contribution in [3.63, 3.8) is 0 Å². The second kappa shape index (κ2) is 4.21. The van der Waals surface area contributed by atoms with Gasteiger partial charge in [0.15, 0.2) is 5.78 Å². The fraction of sp³-hybridized carbons (Fsp3) is 0.600. The van der Waals surface area contributed by atoms with Gasteiger partial charge in [-0.3, -0.25) is 4.79 Å². The zero-order valence-electron chi connectivity index (χ0n) is 8.33. The number of nitrogens with zero attached hydrogens (tertiary/aromatic N) is 1. The van der Waals surface area contributed by atoms with Crippen LogP contribution in [0.15, 0.2) is 10.6 Å². The van der Waals surface area contributed by atoms with Gasteiger partial charge in [0.2, 0.25) is 0 Å². The highest BCUT2D eigenvalue weighted by atomic mass is 16.5. The van der Waals surface area contributed by atoms with E-state index in [1.165, 1.54) is 6.92 Å². The van der Waals surface area contributed by atoms with E-state index in [9.17, 15) is 4.79 Å². The molecular weight excluding hydrogens is 166 g/mol. The van der Waals surface area contributed by atoms with Crippen molar-refractivity contribution in [1.29, 1.82) is 0 Å². The van der Waals surface area contributed by atoms with Crippen molar-refractivity contribution >= 4 is 5.78 Å². The van der Waals surface area contributed by atoms with Crippen LogP contribution in [0.3, 0.4) is 0 Å². The molecule has 0 fully saturated rings. The van der Waals surface area contributed by atoms with Gasteiger partial charge in [-0.25, -0.2) is 0 Å². The first-order valence-electron chi connectivity index (χ1n) is 4.62. The Kier molecular flexibility index (Phi) is 3.23. The molecule has 1 rings (SSSR count). The molecule has 1 aromatic rings. The van der Waals surface area contributed by atoms with Crippen LogP contribution in [0, 0.1) is 0 Å². The van der Waals surface area contributed by atoms with Crippen LogP contribution in [0.4, 0.5) is 0 Å². The number of aromatic nitrogens is 1. The largest absolute Gasteiger partial charge is 0.360 e. The molecule has 0 radical (unpaired) electrons. The van der Waals surface area contributed by atoms with Crippen molar-refractivity contribution in [2.24, 2.45) is 0 Å². The molecule has 3 heteroatoms. The number of Topliss-reactive ketones (excluding diaryl/α,β-unsaturated/α-hetero) is 1. The van der Waals surface area contributed by atoms with Gasteiger partial charge < -0.3 is 4.52 Å². The van der Waals surface area contributed by atoms with Gasteiger partial charge in [0.1, 0.15) is 11.5 Å². The number of ketones is 1. The summed E-state index contributed by atoms with van der Waals surface area (Å²) in [5.41, 5.74) is 0.429. The summed E-state index contributed by atoms with van der Waals surface area (Å²) in [6, 6.07) is 1.74. The van der Waals surface area contributed by atoms with Crippen LogP contribution < -0.4 is 0 Å². The van der Waals surface area contributed by atoms with E-state index in [4.69, 9.17) is 4.52 Å². The van der Waals surface area contributed by atoms with Crippen molar-refractivity contribution in [2.45, 2.75) is 39.5 Å². The summed E-state index contributed by atoms with van der Waals surface area (Å²) in [4.78, 5) is 10.9. The predicted molar refractivity (Wildman–Crippen MR) is 49.8 cm³/mol. The maximum Gasteiger partial charge on any atom is 0.181 e. The van der Waals surface area contributed by atoms with E-state index in [1.54, 1.807) is 6.07 Å². The minimum Gasteiger partial charge on any atom is -0.360 e. The molecule has 0 aromatic carbocycles. The quantitative estimate of drug-likeness (QED) is 0.671. The molecule has 0 bridgehead atoms. The molecular formula is C10H15NO2. The van der Waals surface area contributed by atoms with Gasteiger partial charge in [-0.05, 0) is 6.42 Å². The van der Waals surface area contributed by atoms with E-state index in [0.717, 1.165) is 18.6 Å². The van der Waals surface area contributed by atoms with E-state index in [1.807, 2.05) is 0 Å². The van der Waals surface area contributed by atoms with Gasteiger partial charge in [0, 0.05) is 18.9 Å². The van der Waals surface area contributed by atoms with Gasteiger partial charge in [-0.2, -0.15) is 0 Å². The van der Waals surface area contributed by atoms with Crippen LogP contribution in [0.2, 0.25) is 0 Å². The first kappa shape index (κ1) is 9.96. The Morgan fingerprint density at radius 3 is 2.85 bits per heavy atom. The van der Waals surface area contributed by atoms with Crippen molar-refractivity contribution in [3.8, 4) is 0 Å². The Balaban J connectivity index is 2.73. The second-order valence-corrected chi connectivity index (χ2v) is 3.36. The Morgan fingerprint density at radius 1 is 1.69 bits per heavy atom. The summed E-state index contributed by atoms with van der Waals surface area (Å²) >= 11 is 0. The molecule has 13 heavy (non-hydrogen) atoms. The van der Waals surface area contributed by atoms with E-state index < -0.39 is 0 Å². The van der Waals surface area contributed by atoms with Crippen LogP contribution in [0.1, 0.15) is 55.8 Å². The van der Waals surface area contributed by atoms with Gasteiger partial charge >= 0.3 is 0 Å². The molecule has 72 valence electrons. The Morgan fingerprint density at radius 2 is 2.38 bits per heavy atom. The smallest absolute Gasteiger partial charge is 0.181 e. The lowest BCUT2D eigenvalue weighted by molar-refractivity contribution is 0.100. The summed E-state index contributed by atoms with van der Waals surface area (Å²) < 4.78 is 5.07. The van der Waals surface area contributed by atoms with E-state index >= 15 is 0 Å². The first-order chi connectivity index (χ1) is 6.15. The molecule has 3 nitrogen and oxygen atoms in total. The topological polar surface area (TPSA) is 43.1 Å². The monoisotopic (exact) mass is 181 g/mol. The number of carbonyl (C=O) groups excluding carboxylic acids is 1. The normalized spacial score (nSPS) is 12.8. The molecule has 0 saturated heterocycles. The van der Waals surface area contributed by atoms with Crippen LogP contribution in [-0.4, -0.2) is 10.9 Å². The van der Waals surface area contributed by atoms with Crippen LogP contribution in [0.25, 0.3) is 0 Å². The third kappa shape index (κ3) is 2.41. The van der Waals surface area contributed by atoms with Crippen LogP contribution in [0.5, 0.6) is 0 Å². The molecule has 1 unspecified atom stereocenters.